The van der Waals surface area contributed by atoms with Crippen LogP contribution >= 0.6 is 0 Å². The lowest BCUT2D eigenvalue weighted by atomic mass is 10.1. The first-order valence-electron chi connectivity index (χ1n) is 6.07. The van der Waals surface area contributed by atoms with Crippen LogP contribution in [0.25, 0.3) is 0 Å². The Bertz CT molecular complexity index is 584. The summed E-state index contributed by atoms with van der Waals surface area (Å²) in [6, 6.07) is 5.31. The highest BCUT2D eigenvalue weighted by atomic mass is 16.7. The van der Waals surface area contributed by atoms with Crippen LogP contribution in [0.2, 0.25) is 0 Å². The lowest BCUT2D eigenvalue weighted by Gasteiger charge is -2.04. The quantitative estimate of drug-likeness (QED) is 0.455. The molecule has 0 radical (unpaired) electrons. The van der Waals surface area contributed by atoms with Crippen molar-refractivity contribution < 1.29 is 28.6 Å². The van der Waals surface area contributed by atoms with Crippen LogP contribution in [0.3, 0.4) is 0 Å². The van der Waals surface area contributed by atoms with Crippen LogP contribution in [0.1, 0.15) is 12.5 Å². The predicted octanol–water partition coefficient (Wildman–Crippen LogP) is 0.184. The van der Waals surface area contributed by atoms with Gasteiger partial charge in [0.2, 0.25) is 13.4 Å². The van der Waals surface area contributed by atoms with Gasteiger partial charge in [-0.3, -0.25) is 4.79 Å². The normalized spacial score (nSPS) is 12.9. The van der Waals surface area contributed by atoms with E-state index in [-0.39, 0.29) is 6.79 Å². The third kappa shape index (κ3) is 4.10. The number of hydrogen-bond acceptors (Lipinski definition) is 7. The third-order valence-corrected chi connectivity index (χ3v) is 2.55. The second kappa shape index (κ2) is 6.60. The highest BCUT2D eigenvalue weighted by Crippen LogP contribution is 2.32. The number of esters is 1. The second-order valence-corrected chi connectivity index (χ2v) is 4.15. The summed E-state index contributed by atoms with van der Waals surface area (Å²) in [7, 11) is 0. The van der Waals surface area contributed by atoms with E-state index in [1.54, 1.807) is 25.1 Å². The van der Waals surface area contributed by atoms with Crippen LogP contribution in [0, 0.1) is 0 Å². The SMILES string of the molecule is C/C(=N/OCC(=O)OCC(N)=O)c1ccc2c(c1)OCO2. The first kappa shape index (κ1) is 14.6. The lowest BCUT2D eigenvalue weighted by Crippen LogP contribution is -2.22. The first-order chi connectivity index (χ1) is 10.1. The third-order valence-electron chi connectivity index (χ3n) is 2.55. The molecule has 21 heavy (non-hydrogen) atoms. The molecule has 0 aliphatic carbocycles. The standard InChI is InChI=1S/C13H14N2O6/c1-8(15-21-6-13(17)18-5-12(14)16)9-2-3-10-11(4-9)20-7-19-10/h2-4H,5-7H2,1H3,(H2,14,16)/b15-8-. The molecule has 1 heterocycles. The molecule has 8 nitrogen and oxygen atoms in total. The smallest absolute Gasteiger partial charge is 0.347 e. The van der Waals surface area contributed by atoms with Gasteiger partial charge in [-0.2, -0.15) is 0 Å². The topological polar surface area (TPSA) is 109 Å². The van der Waals surface area contributed by atoms with Gasteiger partial charge in [-0.25, -0.2) is 4.79 Å². The van der Waals surface area contributed by atoms with Crippen LogP contribution < -0.4 is 15.2 Å². The van der Waals surface area contributed by atoms with E-state index < -0.39 is 25.1 Å². The number of amides is 1. The molecule has 0 spiro atoms. The van der Waals surface area contributed by atoms with Crippen molar-refractivity contribution in [3.05, 3.63) is 23.8 Å². The summed E-state index contributed by atoms with van der Waals surface area (Å²) in [4.78, 5) is 26.4. The Kier molecular flexibility index (Phi) is 4.60. The number of ether oxygens (including phenoxy) is 3. The minimum Gasteiger partial charge on any atom is -0.454 e. The molecular weight excluding hydrogens is 280 g/mol. The Labute approximate surface area is 120 Å². The molecule has 0 unspecified atom stereocenters. The number of carbonyl (C=O) groups is 2. The maximum Gasteiger partial charge on any atom is 0.347 e. The van der Waals surface area contributed by atoms with Crippen LogP contribution in [0.15, 0.2) is 23.4 Å². The van der Waals surface area contributed by atoms with Gasteiger partial charge in [0.15, 0.2) is 18.1 Å². The average molecular weight is 294 g/mol. The number of oxime groups is 1. The van der Waals surface area contributed by atoms with Crippen LogP contribution in [0.5, 0.6) is 11.5 Å². The van der Waals surface area contributed by atoms with E-state index in [0.717, 1.165) is 5.56 Å². The molecule has 1 aromatic rings. The molecule has 1 aliphatic heterocycles. The minimum atomic E-state index is -0.733. The highest BCUT2D eigenvalue weighted by molar-refractivity contribution is 5.99. The molecule has 0 atom stereocenters. The Hall–Kier alpha value is -2.77. The van der Waals surface area contributed by atoms with Crippen molar-refractivity contribution in [2.24, 2.45) is 10.9 Å². The Morgan fingerprint density at radius 2 is 2.05 bits per heavy atom. The van der Waals surface area contributed by atoms with E-state index in [1.807, 2.05) is 0 Å². The van der Waals surface area contributed by atoms with Crippen molar-refractivity contribution in [3.63, 3.8) is 0 Å². The van der Waals surface area contributed by atoms with Crippen LogP contribution in [0.4, 0.5) is 0 Å². The van der Waals surface area contributed by atoms with Crippen LogP contribution in [-0.4, -0.2) is 37.6 Å². The van der Waals surface area contributed by atoms with Gasteiger partial charge in [0.1, 0.15) is 0 Å². The molecule has 2 N–H and O–H groups in total. The summed E-state index contributed by atoms with van der Waals surface area (Å²) < 4.78 is 15.0. The van der Waals surface area contributed by atoms with E-state index >= 15 is 0 Å². The summed E-state index contributed by atoms with van der Waals surface area (Å²) in [5.74, 6) is -0.162. The van der Waals surface area contributed by atoms with Gasteiger partial charge in [0.05, 0.1) is 5.71 Å². The zero-order valence-electron chi connectivity index (χ0n) is 11.3. The maximum atomic E-state index is 11.2. The van der Waals surface area contributed by atoms with Gasteiger partial charge < -0.3 is 24.8 Å². The van der Waals surface area contributed by atoms with Gasteiger partial charge in [0, 0.05) is 5.56 Å². The summed E-state index contributed by atoms with van der Waals surface area (Å²) >= 11 is 0. The summed E-state index contributed by atoms with van der Waals surface area (Å²) in [5.41, 5.74) is 6.15. The zero-order chi connectivity index (χ0) is 15.2. The number of carbonyl (C=O) groups excluding carboxylic acids is 2. The van der Waals surface area contributed by atoms with Gasteiger partial charge in [-0.05, 0) is 25.1 Å². The van der Waals surface area contributed by atoms with Crippen molar-refractivity contribution in [1.82, 2.24) is 0 Å². The van der Waals surface area contributed by atoms with Crippen molar-refractivity contribution in [1.29, 1.82) is 0 Å². The van der Waals surface area contributed by atoms with Crippen molar-refractivity contribution in [2.75, 3.05) is 20.0 Å². The van der Waals surface area contributed by atoms with E-state index in [2.05, 4.69) is 9.89 Å². The number of nitrogens with zero attached hydrogens (tertiary/aromatic N) is 1. The number of fused-ring (bicyclic) bond motifs is 1. The molecule has 0 fully saturated rings. The predicted molar refractivity (Wildman–Crippen MR) is 70.9 cm³/mol. The Morgan fingerprint density at radius 3 is 2.81 bits per heavy atom. The molecule has 2 rings (SSSR count). The number of hydrogen-bond donors (Lipinski definition) is 1. The first-order valence-corrected chi connectivity index (χ1v) is 6.07. The molecule has 1 aliphatic rings. The summed E-state index contributed by atoms with van der Waals surface area (Å²) in [6.45, 7) is 1.02. The Balaban J connectivity index is 1.86. The molecule has 1 amide bonds. The Morgan fingerprint density at radius 1 is 1.29 bits per heavy atom. The fourth-order valence-electron chi connectivity index (χ4n) is 1.55. The number of nitrogens with two attached hydrogens (primary N) is 1. The maximum absolute atomic E-state index is 11.2. The molecule has 8 heteroatoms. The molecule has 0 aromatic heterocycles. The van der Waals surface area contributed by atoms with Crippen molar-refractivity contribution >= 4 is 17.6 Å². The van der Waals surface area contributed by atoms with Gasteiger partial charge in [0.25, 0.3) is 5.91 Å². The lowest BCUT2D eigenvalue weighted by molar-refractivity contribution is -0.152. The van der Waals surface area contributed by atoms with Gasteiger partial charge in [-0.15, -0.1) is 0 Å². The fourth-order valence-corrected chi connectivity index (χ4v) is 1.55. The second-order valence-electron chi connectivity index (χ2n) is 4.15. The monoisotopic (exact) mass is 294 g/mol. The molecule has 112 valence electrons. The number of primary amides is 1. The summed E-state index contributed by atoms with van der Waals surface area (Å²) in [6.07, 6.45) is 0. The molecule has 0 saturated carbocycles. The molecule has 1 aromatic carbocycles. The van der Waals surface area contributed by atoms with E-state index in [9.17, 15) is 9.59 Å². The van der Waals surface area contributed by atoms with Crippen molar-refractivity contribution in [2.45, 2.75) is 6.92 Å². The number of rotatable bonds is 6. The molecular formula is C13H14N2O6. The average Bonchev–Trinajstić information content (AvgIpc) is 2.92. The van der Waals surface area contributed by atoms with E-state index in [0.29, 0.717) is 17.2 Å². The van der Waals surface area contributed by atoms with E-state index in [4.69, 9.17) is 20.0 Å². The minimum absolute atomic E-state index is 0.192. The zero-order valence-corrected chi connectivity index (χ0v) is 11.3. The van der Waals surface area contributed by atoms with Gasteiger partial charge in [-0.1, -0.05) is 5.16 Å². The van der Waals surface area contributed by atoms with Gasteiger partial charge >= 0.3 is 5.97 Å². The molecule has 0 saturated heterocycles. The molecule has 0 bridgehead atoms. The van der Waals surface area contributed by atoms with E-state index in [1.165, 1.54) is 0 Å². The highest BCUT2D eigenvalue weighted by Gasteiger charge is 2.14. The van der Waals surface area contributed by atoms with Crippen LogP contribution in [-0.2, 0) is 19.2 Å². The summed E-state index contributed by atoms with van der Waals surface area (Å²) in [5, 5.41) is 3.79. The fraction of sp³-hybridized carbons (Fsp3) is 0.308. The number of benzene rings is 1. The largest absolute Gasteiger partial charge is 0.454 e. The van der Waals surface area contributed by atoms with Crippen molar-refractivity contribution in [3.8, 4) is 11.5 Å².